The molecule has 0 aromatic rings. The molecule has 3 heteroatoms. The molecule has 0 N–H and O–H groups in total. The summed E-state index contributed by atoms with van der Waals surface area (Å²) in [6.45, 7) is 9.09. The van der Waals surface area contributed by atoms with Gasteiger partial charge in [-0.2, -0.15) is 0 Å². The Hall–Kier alpha value is 0.0600. The lowest BCUT2D eigenvalue weighted by atomic mass is 9.75. The molecule has 4 atom stereocenters. The third-order valence-electron chi connectivity index (χ3n) is 4.91. The van der Waals surface area contributed by atoms with E-state index in [4.69, 9.17) is 4.52 Å². The van der Waals surface area contributed by atoms with Crippen molar-refractivity contribution in [2.75, 3.05) is 6.16 Å². The maximum absolute atomic E-state index is 12.2. The van der Waals surface area contributed by atoms with Crippen LogP contribution < -0.4 is 0 Å². The molecule has 1 saturated carbocycles. The van der Waals surface area contributed by atoms with E-state index in [-0.39, 0.29) is 6.10 Å². The molecule has 0 amide bonds. The quantitative estimate of drug-likeness (QED) is 0.337. The Bertz CT molecular complexity index is 291. The maximum Gasteiger partial charge on any atom is 0.508 e. The third kappa shape index (κ3) is 7.75. The van der Waals surface area contributed by atoms with Gasteiger partial charge < -0.3 is 0 Å². The molecule has 0 bridgehead atoms. The van der Waals surface area contributed by atoms with Crippen molar-refractivity contribution in [2.24, 2.45) is 17.8 Å². The Kier molecular flexibility index (Phi) is 9.76. The van der Waals surface area contributed by atoms with Gasteiger partial charge in [0.2, 0.25) is 0 Å². The Morgan fingerprint density at radius 3 is 2.43 bits per heavy atom. The number of rotatable bonds is 10. The Morgan fingerprint density at radius 1 is 1.10 bits per heavy atom. The van der Waals surface area contributed by atoms with E-state index in [9.17, 15) is 4.57 Å². The molecule has 1 rings (SSSR count). The van der Waals surface area contributed by atoms with Gasteiger partial charge in [0.05, 0.1) is 0 Å². The fourth-order valence-electron chi connectivity index (χ4n) is 3.46. The van der Waals surface area contributed by atoms with E-state index in [1.807, 2.05) is 0 Å². The molecule has 4 unspecified atom stereocenters. The van der Waals surface area contributed by atoms with Gasteiger partial charge in [-0.3, -0.25) is 0 Å². The van der Waals surface area contributed by atoms with Crippen molar-refractivity contribution in [2.45, 2.75) is 91.6 Å². The molecule has 21 heavy (non-hydrogen) atoms. The van der Waals surface area contributed by atoms with Crippen molar-refractivity contribution in [1.82, 2.24) is 0 Å². The zero-order valence-electron chi connectivity index (χ0n) is 14.6. The highest BCUT2D eigenvalue weighted by atomic mass is 31.1. The van der Waals surface area contributed by atoms with Crippen LogP contribution in [0.15, 0.2) is 0 Å². The van der Waals surface area contributed by atoms with E-state index in [0.29, 0.717) is 11.8 Å². The van der Waals surface area contributed by atoms with Crippen LogP contribution in [0.25, 0.3) is 0 Å². The first kappa shape index (κ1) is 19.1. The summed E-state index contributed by atoms with van der Waals surface area (Å²) < 4.78 is 18.2. The Balaban J connectivity index is 2.24. The normalized spacial score (nSPS) is 27.1. The fraction of sp³-hybridized carbons (Fsp3) is 1.00. The van der Waals surface area contributed by atoms with E-state index < -0.39 is 8.03 Å². The topological polar surface area (TPSA) is 26.3 Å². The minimum Gasteiger partial charge on any atom is -0.143 e. The predicted octanol–water partition coefficient (Wildman–Crippen LogP) is 6.57. The summed E-state index contributed by atoms with van der Waals surface area (Å²) in [5.41, 5.74) is 0. The second-order valence-corrected chi connectivity index (χ2v) is 8.62. The van der Waals surface area contributed by atoms with Crippen molar-refractivity contribution in [3.63, 3.8) is 0 Å². The van der Waals surface area contributed by atoms with Gasteiger partial charge in [-0.1, -0.05) is 59.8 Å². The lowest BCUT2D eigenvalue weighted by molar-refractivity contribution is 0.0523. The second-order valence-electron chi connectivity index (χ2n) is 7.29. The highest BCUT2D eigenvalue weighted by Gasteiger charge is 2.37. The number of unbranched alkanes of at least 4 members (excludes halogenated alkanes) is 5. The summed E-state index contributed by atoms with van der Waals surface area (Å²) in [7, 11) is -1.45. The van der Waals surface area contributed by atoms with Gasteiger partial charge in [-0.25, -0.2) is 0 Å². The molecule has 0 aromatic heterocycles. The molecule has 1 aliphatic rings. The summed E-state index contributed by atoms with van der Waals surface area (Å²) in [5.74, 6) is 1.96. The van der Waals surface area contributed by atoms with Crippen LogP contribution in [0.5, 0.6) is 0 Å². The van der Waals surface area contributed by atoms with Crippen LogP contribution in [0.3, 0.4) is 0 Å². The maximum atomic E-state index is 12.2. The first-order chi connectivity index (χ1) is 10.0. The van der Waals surface area contributed by atoms with Crippen LogP contribution in [0.2, 0.25) is 0 Å². The average Bonchev–Trinajstić information content (AvgIpc) is 2.42. The third-order valence-corrected chi connectivity index (χ3v) is 6.10. The highest BCUT2D eigenvalue weighted by Crippen LogP contribution is 2.40. The lowest BCUT2D eigenvalue weighted by Gasteiger charge is -2.33. The molecule has 0 aromatic carbocycles. The van der Waals surface area contributed by atoms with E-state index in [0.717, 1.165) is 24.9 Å². The lowest BCUT2D eigenvalue weighted by Crippen LogP contribution is -2.33. The fourth-order valence-corrected chi connectivity index (χ4v) is 4.59. The summed E-state index contributed by atoms with van der Waals surface area (Å²) in [4.78, 5) is 0. The molecule has 1 aliphatic carbocycles. The van der Waals surface area contributed by atoms with E-state index in [1.165, 1.54) is 44.9 Å². The van der Waals surface area contributed by atoms with E-state index >= 15 is 0 Å². The standard InChI is InChI=1S/C18H36O2P/c1-5-6-7-8-9-10-13-21(19)20-18-14-16(4)11-12-17(18)15(2)3/h15-18H,5-14H2,1-4H3/q+1. The molecule has 0 saturated heterocycles. The van der Waals surface area contributed by atoms with Crippen LogP contribution in [-0.2, 0) is 9.09 Å². The molecular formula is C18H36O2P+. The average molecular weight is 315 g/mol. The van der Waals surface area contributed by atoms with Crippen molar-refractivity contribution in [3.05, 3.63) is 0 Å². The van der Waals surface area contributed by atoms with Gasteiger partial charge in [0.15, 0.2) is 6.16 Å². The Labute approximate surface area is 133 Å². The molecule has 0 spiro atoms. The van der Waals surface area contributed by atoms with Gasteiger partial charge in [-0.15, -0.1) is 4.52 Å². The molecular weight excluding hydrogens is 279 g/mol. The van der Waals surface area contributed by atoms with Crippen molar-refractivity contribution in [1.29, 1.82) is 0 Å². The van der Waals surface area contributed by atoms with E-state index in [2.05, 4.69) is 27.7 Å². The van der Waals surface area contributed by atoms with Crippen LogP contribution in [0.1, 0.15) is 85.5 Å². The molecule has 2 nitrogen and oxygen atoms in total. The van der Waals surface area contributed by atoms with Crippen LogP contribution in [-0.4, -0.2) is 12.3 Å². The molecule has 0 aliphatic heterocycles. The molecule has 1 fully saturated rings. The summed E-state index contributed by atoms with van der Waals surface area (Å²) >= 11 is 0. The zero-order valence-corrected chi connectivity index (χ0v) is 15.5. The zero-order chi connectivity index (χ0) is 15.7. The summed E-state index contributed by atoms with van der Waals surface area (Å²) in [6, 6.07) is 0. The monoisotopic (exact) mass is 315 g/mol. The number of hydrogen-bond donors (Lipinski definition) is 0. The number of hydrogen-bond acceptors (Lipinski definition) is 2. The first-order valence-electron chi connectivity index (χ1n) is 9.16. The van der Waals surface area contributed by atoms with Gasteiger partial charge in [0, 0.05) is 0 Å². The minimum absolute atomic E-state index is 0.234. The predicted molar refractivity (Wildman–Crippen MR) is 92.1 cm³/mol. The van der Waals surface area contributed by atoms with Crippen LogP contribution in [0.4, 0.5) is 0 Å². The molecule has 0 heterocycles. The first-order valence-corrected chi connectivity index (χ1v) is 10.5. The smallest absolute Gasteiger partial charge is 0.143 e. The van der Waals surface area contributed by atoms with Gasteiger partial charge >= 0.3 is 8.03 Å². The highest BCUT2D eigenvalue weighted by molar-refractivity contribution is 7.39. The van der Waals surface area contributed by atoms with Gasteiger partial charge in [0.1, 0.15) is 6.10 Å². The van der Waals surface area contributed by atoms with Crippen molar-refractivity contribution >= 4 is 8.03 Å². The summed E-state index contributed by atoms with van der Waals surface area (Å²) in [5, 5.41) is 0. The van der Waals surface area contributed by atoms with Crippen LogP contribution in [0, 0.1) is 17.8 Å². The second kappa shape index (κ2) is 10.7. The Morgan fingerprint density at radius 2 is 1.76 bits per heavy atom. The SMILES string of the molecule is CCCCCCCC[P+](=O)OC1CC(C)CCC1C(C)C. The van der Waals surface area contributed by atoms with Gasteiger partial charge in [-0.05, 0) is 48.0 Å². The molecule has 0 radical (unpaired) electrons. The summed E-state index contributed by atoms with van der Waals surface area (Å²) in [6.07, 6.45) is 12.1. The minimum atomic E-state index is -1.45. The van der Waals surface area contributed by atoms with E-state index in [1.54, 1.807) is 0 Å². The molecule has 124 valence electrons. The van der Waals surface area contributed by atoms with Crippen LogP contribution >= 0.6 is 8.03 Å². The van der Waals surface area contributed by atoms with Gasteiger partial charge in [0.25, 0.3) is 0 Å². The van der Waals surface area contributed by atoms with Crippen molar-refractivity contribution in [3.8, 4) is 0 Å². The largest absolute Gasteiger partial charge is 0.508 e. The van der Waals surface area contributed by atoms with Crippen molar-refractivity contribution < 1.29 is 9.09 Å².